The van der Waals surface area contributed by atoms with Crippen molar-refractivity contribution in [3.8, 4) is 11.1 Å². The smallest absolute Gasteiger partial charge is 0.326 e. The largest absolute Gasteiger partial charge is 0.480 e. The Morgan fingerprint density at radius 3 is 2.58 bits per heavy atom. The summed E-state index contributed by atoms with van der Waals surface area (Å²) in [7, 11) is 1.86. The summed E-state index contributed by atoms with van der Waals surface area (Å²) >= 11 is 3.88. The van der Waals surface area contributed by atoms with Crippen LogP contribution in [0, 0.1) is 24.2 Å². The Labute approximate surface area is 266 Å². The number of carboxylic acid groups (broad SMARTS) is 1. The first-order valence-electron chi connectivity index (χ1n) is 16.2. The number of methoxy groups -OCH3 is 1. The van der Waals surface area contributed by atoms with E-state index in [2.05, 4.69) is 48.3 Å². The summed E-state index contributed by atoms with van der Waals surface area (Å²) in [6.45, 7) is 2.92. The van der Waals surface area contributed by atoms with Crippen LogP contribution in [0.2, 0.25) is 0 Å². The van der Waals surface area contributed by atoms with E-state index in [1.54, 1.807) is 11.8 Å². The highest BCUT2D eigenvalue weighted by Gasteiger charge is 2.61. The molecule has 2 N–H and O–H groups in total. The number of aliphatic carboxylic acids is 1. The van der Waals surface area contributed by atoms with Gasteiger partial charge in [0.25, 0.3) is 5.91 Å². The molecule has 1 amide bonds. The molecule has 234 valence electrons. The highest BCUT2D eigenvalue weighted by atomic mass is 32.2. The Morgan fingerprint density at radius 1 is 1.07 bits per heavy atom. The maximum atomic E-state index is 13.5. The van der Waals surface area contributed by atoms with Crippen LogP contribution in [-0.2, 0) is 16.0 Å². The van der Waals surface area contributed by atoms with Crippen LogP contribution >= 0.6 is 23.5 Å². The fraction of sp³-hybridized carbons (Fsp3) is 0.611. The number of ether oxygens (including phenoxy) is 1. The molecule has 2 unspecified atom stereocenters. The number of fused-ring (bicyclic) bond motifs is 1. The van der Waals surface area contributed by atoms with Gasteiger partial charge in [0.15, 0.2) is 0 Å². The number of amides is 1. The molecular weight excluding hydrogens is 575 g/mol. The van der Waals surface area contributed by atoms with Crippen molar-refractivity contribution in [3.05, 3.63) is 59.2 Å². The van der Waals surface area contributed by atoms with E-state index >= 15 is 0 Å². The fourth-order valence-corrected chi connectivity index (χ4v) is 10.2. The van der Waals surface area contributed by atoms with Crippen LogP contribution in [0.1, 0.15) is 85.7 Å². The Morgan fingerprint density at radius 2 is 1.86 bits per heavy atom. The van der Waals surface area contributed by atoms with E-state index in [0.717, 1.165) is 52.6 Å². The number of thioether (sulfide) groups is 2. The predicted octanol–water partition coefficient (Wildman–Crippen LogP) is 8.03. The topological polar surface area (TPSA) is 75.6 Å². The molecule has 0 bridgehead atoms. The van der Waals surface area contributed by atoms with Gasteiger partial charge in [-0.3, -0.25) is 4.79 Å². The zero-order valence-electron chi connectivity index (χ0n) is 26.1. The zero-order valence-corrected chi connectivity index (χ0v) is 27.7. The maximum Gasteiger partial charge on any atom is 0.326 e. The van der Waals surface area contributed by atoms with Gasteiger partial charge in [-0.2, -0.15) is 23.5 Å². The van der Waals surface area contributed by atoms with Crippen LogP contribution in [0.4, 0.5) is 0 Å². The van der Waals surface area contributed by atoms with E-state index in [9.17, 15) is 14.7 Å². The third-order valence-electron chi connectivity index (χ3n) is 10.3. The summed E-state index contributed by atoms with van der Waals surface area (Å²) < 4.78 is 5.80. The van der Waals surface area contributed by atoms with Crippen molar-refractivity contribution in [1.82, 2.24) is 5.32 Å². The first-order valence-corrected chi connectivity index (χ1v) is 18.5. The molecule has 5 rings (SSSR count). The second-order valence-corrected chi connectivity index (χ2v) is 15.7. The van der Waals surface area contributed by atoms with Crippen LogP contribution in [0.25, 0.3) is 11.1 Å². The van der Waals surface area contributed by atoms with Crippen molar-refractivity contribution in [2.75, 3.05) is 25.7 Å². The van der Waals surface area contributed by atoms with E-state index in [4.69, 9.17) is 4.74 Å². The zero-order chi connectivity index (χ0) is 30.4. The minimum atomic E-state index is -0.993. The number of rotatable bonds is 14. The van der Waals surface area contributed by atoms with E-state index in [0.29, 0.717) is 29.1 Å². The molecule has 0 saturated heterocycles. The van der Waals surface area contributed by atoms with Crippen LogP contribution in [0.3, 0.4) is 0 Å². The normalized spacial score (nSPS) is 26.0. The summed E-state index contributed by atoms with van der Waals surface area (Å²) in [6, 6.07) is 13.4. The van der Waals surface area contributed by atoms with Crippen molar-refractivity contribution in [3.63, 3.8) is 0 Å². The molecule has 0 aromatic heterocycles. The molecule has 5 atom stereocenters. The van der Waals surface area contributed by atoms with E-state index in [-0.39, 0.29) is 5.91 Å². The molecular formula is C36H49NO4S2. The Kier molecular flexibility index (Phi) is 11.2. The lowest BCUT2D eigenvalue weighted by Crippen LogP contribution is -2.41. The van der Waals surface area contributed by atoms with Crippen LogP contribution in [0.5, 0.6) is 0 Å². The molecule has 7 heteroatoms. The molecule has 3 fully saturated rings. The molecule has 0 heterocycles. The number of carbonyl (C=O) groups excluding carboxylic acids is 1. The number of hydrogen-bond donors (Lipinski definition) is 2. The van der Waals surface area contributed by atoms with Crippen LogP contribution in [0.15, 0.2) is 42.5 Å². The van der Waals surface area contributed by atoms with Crippen molar-refractivity contribution in [1.29, 1.82) is 0 Å². The van der Waals surface area contributed by atoms with Gasteiger partial charge >= 0.3 is 5.97 Å². The third-order valence-corrected chi connectivity index (χ3v) is 12.6. The lowest BCUT2D eigenvalue weighted by atomic mass is 9.75. The Balaban J connectivity index is 1.32. The van der Waals surface area contributed by atoms with Gasteiger partial charge in [-0.15, -0.1) is 0 Å². The molecule has 3 saturated carbocycles. The Bertz CT molecular complexity index is 1260. The molecule has 5 nitrogen and oxygen atoms in total. The number of benzene rings is 2. The van der Waals surface area contributed by atoms with Crippen molar-refractivity contribution in [2.24, 2.45) is 17.3 Å². The number of nitrogens with one attached hydrogen (secondary N) is 1. The van der Waals surface area contributed by atoms with Gasteiger partial charge in [-0.25, -0.2) is 4.79 Å². The van der Waals surface area contributed by atoms with Crippen molar-refractivity contribution in [2.45, 2.75) is 94.1 Å². The number of aryl methyl sites for hydroxylation is 2. The molecule has 0 radical (unpaired) electrons. The van der Waals surface area contributed by atoms with Crippen molar-refractivity contribution >= 4 is 35.4 Å². The predicted molar refractivity (Wildman–Crippen MR) is 180 cm³/mol. The van der Waals surface area contributed by atoms with Crippen molar-refractivity contribution < 1.29 is 19.4 Å². The summed E-state index contributed by atoms with van der Waals surface area (Å²) in [4.78, 5) is 25.4. The van der Waals surface area contributed by atoms with Crippen LogP contribution in [-0.4, -0.2) is 59.3 Å². The average molecular weight is 624 g/mol. The molecule has 0 spiro atoms. The van der Waals surface area contributed by atoms with Gasteiger partial charge < -0.3 is 15.2 Å². The lowest BCUT2D eigenvalue weighted by molar-refractivity contribution is -0.139. The standard InChI is InChI=1S/C36H49NO4S2/c1-24-9-7-8-12-30(24)32-19-25(13-14-31(32)34(38)37-33(35(39)40)16-18-42-3)15-17-36-22-26(36)20-29(21-27(36)23-41-2)43-28-10-5-4-6-11-28/h7-9,12-14,19,26-29,33H,4-6,10-11,15-18,20-23H2,1-3H3,(H,37,38)(H,39,40)/t26?,27-,29?,33+,36-/m1/s1. The lowest BCUT2D eigenvalue weighted by Gasteiger charge is -2.38. The van der Waals surface area contributed by atoms with Gasteiger partial charge in [0.05, 0.1) is 0 Å². The molecule has 0 aliphatic heterocycles. The van der Waals surface area contributed by atoms with Gasteiger partial charge in [0, 0.05) is 29.8 Å². The average Bonchev–Trinajstić information content (AvgIpc) is 3.73. The van der Waals surface area contributed by atoms with E-state index < -0.39 is 12.0 Å². The number of hydrogen-bond acceptors (Lipinski definition) is 5. The second-order valence-electron chi connectivity index (χ2n) is 13.1. The minimum absolute atomic E-state index is 0.326. The first kappa shape index (κ1) is 32.4. The highest BCUT2D eigenvalue weighted by molar-refractivity contribution is 8.00. The number of carbonyl (C=O) groups is 2. The van der Waals surface area contributed by atoms with Gasteiger partial charge in [0.1, 0.15) is 6.04 Å². The summed E-state index contributed by atoms with van der Waals surface area (Å²) in [6.07, 6.45) is 15.4. The summed E-state index contributed by atoms with van der Waals surface area (Å²) in [5, 5.41) is 14.2. The SMILES string of the molecule is COC[C@H]1CC(SC2CCCCC2)CC2C[C@]21CCc1ccc(C(=O)N[C@@H](CCSC)C(=O)O)c(-c2ccccc2C)c1. The minimum Gasteiger partial charge on any atom is -0.480 e. The quantitative estimate of drug-likeness (QED) is 0.222. The first-order chi connectivity index (χ1) is 20.8. The van der Waals surface area contributed by atoms with Crippen LogP contribution < -0.4 is 5.32 Å². The molecule has 2 aromatic carbocycles. The van der Waals surface area contributed by atoms with Gasteiger partial charge in [-0.05, 0) is 116 Å². The third kappa shape index (κ3) is 7.83. The molecule has 3 aliphatic carbocycles. The molecule has 2 aromatic rings. The summed E-state index contributed by atoms with van der Waals surface area (Å²) in [5.41, 5.74) is 5.15. The second kappa shape index (κ2) is 14.9. The van der Waals surface area contributed by atoms with E-state index in [1.165, 1.54) is 56.9 Å². The fourth-order valence-electron chi connectivity index (χ4n) is 7.86. The summed E-state index contributed by atoms with van der Waals surface area (Å²) in [5.74, 6) is 0.776. The molecule has 3 aliphatic rings. The van der Waals surface area contributed by atoms with Gasteiger partial charge in [-0.1, -0.05) is 55.7 Å². The molecule has 43 heavy (non-hydrogen) atoms. The maximum absolute atomic E-state index is 13.5. The number of carboxylic acids is 1. The van der Waals surface area contributed by atoms with E-state index in [1.807, 2.05) is 31.6 Å². The highest BCUT2D eigenvalue weighted by Crippen LogP contribution is 2.68. The van der Waals surface area contributed by atoms with Gasteiger partial charge in [0.2, 0.25) is 0 Å². The Hall–Kier alpha value is -1.96. The monoisotopic (exact) mass is 623 g/mol.